The van der Waals surface area contributed by atoms with Crippen molar-refractivity contribution in [2.45, 2.75) is 25.4 Å². The highest BCUT2D eigenvalue weighted by molar-refractivity contribution is 5.53. The van der Waals surface area contributed by atoms with Crippen molar-refractivity contribution < 1.29 is 8.94 Å². The SMILES string of the molecule is c1coc(CN2CCCC2c2nc(-c3ccc(-n4ccnc4)nc3)no2)c1. The van der Waals surface area contributed by atoms with Crippen molar-refractivity contribution in [3.05, 3.63) is 67.1 Å². The Morgan fingerprint density at radius 2 is 2.22 bits per heavy atom. The van der Waals surface area contributed by atoms with E-state index < -0.39 is 0 Å². The van der Waals surface area contributed by atoms with Gasteiger partial charge in [-0.25, -0.2) is 9.97 Å². The molecule has 1 aliphatic heterocycles. The van der Waals surface area contributed by atoms with Crippen molar-refractivity contribution in [1.82, 2.24) is 29.6 Å². The topological polar surface area (TPSA) is 86.0 Å². The molecular formula is C19H18N6O2. The summed E-state index contributed by atoms with van der Waals surface area (Å²) in [5.74, 6) is 2.94. The third-order valence-corrected chi connectivity index (χ3v) is 4.80. The molecule has 1 saturated heterocycles. The maximum absolute atomic E-state index is 5.58. The maximum atomic E-state index is 5.58. The van der Waals surface area contributed by atoms with Gasteiger partial charge in [-0.3, -0.25) is 9.47 Å². The van der Waals surface area contributed by atoms with Crippen LogP contribution in [-0.4, -0.2) is 36.1 Å². The Labute approximate surface area is 155 Å². The fourth-order valence-electron chi connectivity index (χ4n) is 3.45. The number of rotatable bonds is 5. The number of furan rings is 1. The summed E-state index contributed by atoms with van der Waals surface area (Å²) in [5, 5.41) is 4.16. The summed E-state index contributed by atoms with van der Waals surface area (Å²) in [7, 11) is 0. The van der Waals surface area contributed by atoms with Crippen molar-refractivity contribution >= 4 is 0 Å². The highest BCUT2D eigenvalue weighted by Crippen LogP contribution is 2.33. The lowest BCUT2D eigenvalue weighted by molar-refractivity contribution is 0.188. The molecule has 1 atom stereocenters. The average Bonchev–Trinajstić information content (AvgIpc) is 3.48. The van der Waals surface area contributed by atoms with Gasteiger partial charge in [0.2, 0.25) is 11.7 Å². The molecule has 0 N–H and O–H groups in total. The molecule has 8 heteroatoms. The van der Waals surface area contributed by atoms with Crippen LogP contribution in [0.1, 0.15) is 30.5 Å². The van der Waals surface area contributed by atoms with Crippen LogP contribution in [0.4, 0.5) is 0 Å². The van der Waals surface area contributed by atoms with Gasteiger partial charge in [-0.2, -0.15) is 4.98 Å². The summed E-state index contributed by atoms with van der Waals surface area (Å²) in [6, 6.07) is 7.86. The molecule has 0 bridgehead atoms. The van der Waals surface area contributed by atoms with Crippen LogP contribution in [0.3, 0.4) is 0 Å². The van der Waals surface area contributed by atoms with Crippen molar-refractivity contribution in [3.63, 3.8) is 0 Å². The first-order valence-corrected chi connectivity index (χ1v) is 8.91. The zero-order valence-electron chi connectivity index (χ0n) is 14.6. The predicted molar refractivity (Wildman–Crippen MR) is 95.7 cm³/mol. The average molecular weight is 362 g/mol. The highest BCUT2D eigenvalue weighted by Gasteiger charge is 2.31. The van der Waals surface area contributed by atoms with Crippen LogP contribution in [0, 0.1) is 0 Å². The van der Waals surface area contributed by atoms with Gasteiger partial charge < -0.3 is 8.94 Å². The zero-order valence-corrected chi connectivity index (χ0v) is 14.6. The monoisotopic (exact) mass is 362 g/mol. The number of likely N-dealkylation sites (tertiary alicyclic amines) is 1. The number of hydrogen-bond acceptors (Lipinski definition) is 7. The van der Waals surface area contributed by atoms with E-state index >= 15 is 0 Å². The van der Waals surface area contributed by atoms with Crippen molar-refractivity contribution in [1.29, 1.82) is 0 Å². The van der Waals surface area contributed by atoms with Gasteiger partial charge in [0.15, 0.2) is 0 Å². The molecule has 4 aromatic heterocycles. The smallest absolute Gasteiger partial charge is 0.244 e. The van der Waals surface area contributed by atoms with E-state index in [-0.39, 0.29) is 6.04 Å². The quantitative estimate of drug-likeness (QED) is 0.538. The lowest BCUT2D eigenvalue weighted by Crippen LogP contribution is -2.22. The minimum absolute atomic E-state index is 0.120. The van der Waals surface area contributed by atoms with Gasteiger partial charge in [-0.1, -0.05) is 5.16 Å². The molecule has 1 unspecified atom stereocenters. The standard InChI is InChI=1S/C19H18N6O2/c1-4-16(24(8-1)12-15-3-2-10-26-15)19-22-18(23-27-19)14-5-6-17(21-11-14)25-9-7-20-13-25/h2-3,5-7,9-11,13,16H,1,4,8,12H2. The molecule has 8 nitrogen and oxygen atoms in total. The summed E-state index contributed by atoms with van der Waals surface area (Å²) in [6.07, 6.45) is 10.8. The number of nitrogens with zero attached hydrogens (tertiary/aromatic N) is 6. The third-order valence-electron chi connectivity index (χ3n) is 4.80. The summed E-state index contributed by atoms with van der Waals surface area (Å²) in [6.45, 7) is 1.74. The van der Waals surface area contributed by atoms with Crippen molar-refractivity contribution in [3.8, 4) is 17.2 Å². The maximum Gasteiger partial charge on any atom is 0.244 e. The van der Waals surface area contributed by atoms with Gasteiger partial charge in [-0.05, 0) is 43.7 Å². The molecule has 27 heavy (non-hydrogen) atoms. The van der Waals surface area contributed by atoms with Crippen molar-refractivity contribution in [2.24, 2.45) is 0 Å². The van der Waals surface area contributed by atoms with E-state index in [9.17, 15) is 0 Å². The van der Waals surface area contributed by atoms with Gasteiger partial charge in [-0.15, -0.1) is 0 Å². The number of imidazole rings is 1. The molecule has 136 valence electrons. The first-order valence-electron chi connectivity index (χ1n) is 8.91. The number of hydrogen-bond donors (Lipinski definition) is 0. The molecule has 5 heterocycles. The molecular weight excluding hydrogens is 344 g/mol. The molecule has 0 amide bonds. The Balaban J connectivity index is 1.34. The van der Waals surface area contributed by atoms with Crippen LogP contribution in [0.15, 0.2) is 64.4 Å². The van der Waals surface area contributed by atoms with Crippen LogP contribution >= 0.6 is 0 Å². The van der Waals surface area contributed by atoms with Crippen LogP contribution < -0.4 is 0 Å². The first kappa shape index (κ1) is 16.0. The van der Waals surface area contributed by atoms with Crippen LogP contribution in [0.25, 0.3) is 17.2 Å². The molecule has 1 fully saturated rings. The number of aromatic nitrogens is 5. The summed E-state index contributed by atoms with van der Waals surface area (Å²) in [5.41, 5.74) is 0.824. The van der Waals surface area contributed by atoms with Gasteiger partial charge in [0.05, 0.1) is 18.8 Å². The molecule has 0 aliphatic carbocycles. The highest BCUT2D eigenvalue weighted by atomic mass is 16.5. The van der Waals surface area contributed by atoms with Gasteiger partial charge in [0.25, 0.3) is 0 Å². The Kier molecular flexibility index (Phi) is 4.02. The van der Waals surface area contributed by atoms with Crippen LogP contribution in [-0.2, 0) is 6.54 Å². The van der Waals surface area contributed by atoms with E-state index in [1.165, 1.54) is 0 Å². The number of pyridine rings is 1. The summed E-state index contributed by atoms with van der Waals surface area (Å²) in [4.78, 5) is 15.4. The zero-order chi connectivity index (χ0) is 18.1. The largest absolute Gasteiger partial charge is 0.468 e. The fourth-order valence-corrected chi connectivity index (χ4v) is 3.45. The Bertz CT molecular complexity index is 991. The van der Waals surface area contributed by atoms with E-state index in [1.54, 1.807) is 25.0 Å². The molecule has 0 aromatic carbocycles. The lowest BCUT2D eigenvalue weighted by atomic mass is 10.2. The molecule has 4 aromatic rings. The molecule has 0 saturated carbocycles. The molecule has 0 radical (unpaired) electrons. The van der Waals surface area contributed by atoms with E-state index in [1.807, 2.05) is 35.0 Å². The Hall–Kier alpha value is -3.26. The lowest BCUT2D eigenvalue weighted by Gasteiger charge is -2.19. The minimum atomic E-state index is 0.120. The molecule has 0 spiro atoms. The Morgan fingerprint density at radius 3 is 3.00 bits per heavy atom. The van der Waals surface area contributed by atoms with Crippen molar-refractivity contribution in [2.75, 3.05) is 6.54 Å². The summed E-state index contributed by atoms with van der Waals surface area (Å²) < 4.78 is 12.9. The van der Waals surface area contributed by atoms with E-state index in [4.69, 9.17) is 8.94 Å². The normalized spacial score (nSPS) is 17.6. The van der Waals surface area contributed by atoms with E-state index in [0.717, 1.165) is 43.1 Å². The predicted octanol–water partition coefficient (Wildman–Crippen LogP) is 3.25. The van der Waals surface area contributed by atoms with Gasteiger partial charge in [0, 0.05) is 24.2 Å². The van der Waals surface area contributed by atoms with Crippen LogP contribution in [0.2, 0.25) is 0 Å². The van der Waals surface area contributed by atoms with Crippen LogP contribution in [0.5, 0.6) is 0 Å². The second kappa shape index (κ2) is 6.81. The second-order valence-electron chi connectivity index (χ2n) is 6.54. The van der Waals surface area contributed by atoms with E-state index in [0.29, 0.717) is 11.7 Å². The fraction of sp³-hybridized carbons (Fsp3) is 0.263. The first-order chi connectivity index (χ1) is 13.4. The Morgan fingerprint density at radius 1 is 1.22 bits per heavy atom. The molecule has 5 rings (SSSR count). The third kappa shape index (κ3) is 3.15. The van der Waals surface area contributed by atoms with Gasteiger partial charge >= 0.3 is 0 Å². The minimum Gasteiger partial charge on any atom is -0.468 e. The summed E-state index contributed by atoms with van der Waals surface area (Å²) >= 11 is 0. The van der Waals surface area contributed by atoms with E-state index in [2.05, 4.69) is 25.0 Å². The second-order valence-corrected chi connectivity index (χ2v) is 6.54. The molecule has 1 aliphatic rings. The van der Waals surface area contributed by atoms with Gasteiger partial charge in [0.1, 0.15) is 17.9 Å².